The van der Waals surface area contributed by atoms with Gasteiger partial charge in [-0.1, -0.05) is 18.2 Å². The molecular weight excluding hydrogens is 455 g/mol. The molecule has 1 aromatic rings. The molecule has 2 N–H and O–H groups in total. The maximum absolute atomic E-state index is 11.8. The van der Waals surface area contributed by atoms with Crippen LogP contribution >= 0.6 is 24.0 Å². The number of carbonyl (C=O) groups excluding carboxylic acids is 1. The molecule has 1 aliphatic rings. The third kappa shape index (κ3) is 8.04. The zero-order valence-electron chi connectivity index (χ0n) is 16.9. The Labute approximate surface area is 180 Å². The zero-order valence-corrected chi connectivity index (χ0v) is 19.2. The van der Waals surface area contributed by atoms with Crippen LogP contribution in [0.3, 0.4) is 0 Å². The molecule has 6 nitrogen and oxygen atoms in total. The van der Waals surface area contributed by atoms with Gasteiger partial charge in [0.05, 0.1) is 6.61 Å². The standard InChI is InChI=1S/C20H32N4O2.HI/c1-15-6-5-7-16(2)18(15)8-10-21-20(23-13-19(25)24(3)4)22-12-17-9-11-26-14-17;/h5-7,17H,8-14H2,1-4H3,(H2,21,22,23);1H. The third-order valence-electron chi connectivity index (χ3n) is 4.77. The molecule has 2 rings (SSSR count). The van der Waals surface area contributed by atoms with E-state index in [4.69, 9.17) is 4.74 Å². The molecule has 0 spiro atoms. The zero-order chi connectivity index (χ0) is 18.9. The van der Waals surface area contributed by atoms with Crippen LogP contribution in [0.25, 0.3) is 0 Å². The number of nitrogens with one attached hydrogen (secondary N) is 2. The van der Waals surface area contributed by atoms with Crippen molar-refractivity contribution in [2.45, 2.75) is 26.7 Å². The van der Waals surface area contributed by atoms with Crippen LogP contribution in [0, 0.1) is 19.8 Å². The van der Waals surface area contributed by atoms with Crippen LogP contribution in [-0.2, 0) is 16.0 Å². The molecule has 0 aromatic heterocycles. The van der Waals surface area contributed by atoms with Crippen LogP contribution in [-0.4, -0.2) is 63.7 Å². The van der Waals surface area contributed by atoms with E-state index < -0.39 is 0 Å². The highest BCUT2D eigenvalue weighted by Gasteiger charge is 2.16. The van der Waals surface area contributed by atoms with Crippen molar-refractivity contribution >= 4 is 35.8 Å². The lowest BCUT2D eigenvalue weighted by molar-refractivity contribution is -0.127. The second kappa shape index (κ2) is 12.2. The molecule has 1 amide bonds. The normalized spacial score (nSPS) is 16.6. The predicted molar refractivity (Wildman–Crippen MR) is 121 cm³/mol. The molecule has 0 aliphatic carbocycles. The fourth-order valence-electron chi connectivity index (χ4n) is 3.00. The molecular formula is C20H33IN4O2. The molecule has 1 atom stereocenters. The van der Waals surface area contributed by atoms with E-state index in [-0.39, 0.29) is 36.4 Å². The number of nitrogens with zero attached hydrogens (tertiary/aromatic N) is 2. The summed E-state index contributed by atoms with van der Waals surface area (Å²) in [4.78, 5) is 17.8. The van der Waals surface area contributed by atoms with E-state index in [0.717, 1.165) is 39.1 Å². The summed E-state index contributed by atoms with van der Waals surface area (Å²) in [5, 5.41) is 6.73. The van der Waals surface area contributed by atoms with Crippen molar-refractivity contribution in [2.24, 2.45) is 10.9 Å². The maximum Gasteiger partial charge on any atom is 0.243 e. The van der Waals surface area contributed by atoms with Crippen LogP contribution < -0.4 is 10.6 Å². The number of aryl methyl sites for hydroxylation is 2. The van der Waals surface area contributed by atoms with E-state index in [0.29, 0.717) is 11.9 Å². The Morgan fingerprint density at radius 3 is 2.56 bits per heavy atom. The van der Waals surface area contributed by atoms with Crippen LogP contribution in [0.2, 0.25) is 0 Å². The van der Waals surface area contributed by atoms with E-state index >= 15 is 0 Å². The first-order chi connectivity index (χ1) is 12.5. The van der Waals surface area contributed by atoms with Crippen molar-refractivity contribution in [1.82, 2.24) is 15.5 Å². The minimum atomic E-state index is -0.00921. The van der Waals surface area contributed by atoms with Crippen molar-refractivity contribution in [3.05, 3.63) is 34.9 Å². The molecule has 1 aromatic carbocycles. The van der Waals surface area contributed by atoms with Crippen molar-refractivity contribution in [2.75, 3.05) is 46.9 Å². The molecule has 0 radical (unpaired) electrons. The number of likely N-dealkylation sites (N-methyl/N-ethyl adjacent to an activating group) is 1. The summed E-state index contributed by atoms with van der Waals surface area (Å²) in [5.41, 5.74) is 3.99. The lowest BCUT2D eigenvalue weighted by Gasteiger charge is -2.16. The Bertz CT molecular complexity index is 608. The van der Waals surface area contributed by atoms with Crippen molar-refractivity contribution in [3.8, 4) is 0 Å². The summed E-state index contributed by atoms with van der Waals surface area (Å²) in [5.74, 6) is 1.19. The molecule has 0 bridgehead atoms. The van der Waals surface area contributed by atoms with Gasteiger partial charge in [0.1, 0.15) is 6.54 Å². The lowest BCUT2D eigenvalue weighted by Crippen LogP contribution is -2.41. The summed E-state index contributed by atoms with van der Waals surface area (Å²) in [7, 11) is 3.49. The minimum Gasteiger partial charge on any atom is -0.381 e. The molecule has 1 heterocycles. The maximum atomic E-state index is 11.8. The molecule has 27 heavy (non-hydrogen) atoms. The largest absolute Gasteiger partial charge is 0.381 e. The number of carbonyl (C=O) groups is 1. The van der Waals surface area contributed by atoms with Crippen LogP contribution in [0.15, 0.2) is 23.2 Å². The van der Waals surface area contributed by atoms with E-state index in [1.165, 1.54) is 16.7 Å². The summed E-state index contributed by atoms with van der Waals surface area (Å²) in [6, 6.07) is 6.38. The number of ether oxygens (including phenoxy) is 1. The van der Waals surface area contributed by atoms with Gasteiger partial charge in [-0.2, -0.15) is 0 Å². The topological polar surface area (TPSA) is 66.0 Å². The van der Waals surface area contributed by atoms with E-state index in [2.05, 4.69) is 47.7 Å². The molecule has 0 saturated carbocycles. The Kier molecular flexibility index (Phi) is 10.7. The van der Waals surface area contributed by atoms with E-state index in [9.17, 15) is 4.79 Å². The van der Waals surface area contributed by atoms with Gasteiger partial charge in [-0.15, -0.1) is 24.0 Å². The quantitative estimate of drug-likeness (QED) is 0.351. The number of aliphatic imine (C=N–C) groups is 1. The summed E-state index contributed by atoms with van der Waals surface area (Å²) < 4.78 is 5.42. The van der Waals surface area contributed by atoms with Gasteiger partial charge >= 0.3 is 0 Å². The highest BCUT2D eigenvalue weighted by molar-refractivity contribution is 14.0. The van der Waals surface area contributed by atoms with Crippen LogP contribution in [0.5, 0.6) is 0 Å². The second-order valence-electron chi connectivity index (χ2n) is 7.11. The highest BCUT2D eigenvalue weighted by atomic mass is 127. The number of hydrogen-bond donors (Lipinski definition) is 2. The third-order valence-corrected chi connectivity index (χ3v) is 4.77. The lowest BCUT2D eigenvalue weighted by atomic mass is 10.0. The number of halogens is 1. The van der Waals surface area contributed by atoms with Crippen molar-refractivity contribution in [3.63, 3.8) is 0 Å². The van der Waals surface area contributed by atoms with E-state index in [1.807, 2.05) is 0 Å². The Morgan fingerprint density at radius 1 is 1.26 bits per heavy atom. The Hall–Kier alpha value is -1.35. The summed E-state index contributed by atoms with van der Waals surface area (Å²) in [6.45, 7) is 7.64. The monoisotopic (exact) mass is 488 g/mol. The number of guanidine groups is 1. The van der Waals surface area contributed by atoms with Gasteiger partial charge in [0, 0.05) is 39.7 Å². The number of hydrogen-bond acceptors (Lipinski definition) is 3. The van der Waals surface area contributed by atoms with Crippen LogP contribution in [0.1, 0.15) is 23.1 Å². The first-order valence-electron chi connectivity index (χ1n) is 9.32. The smallest absolute Gasteiger partial charge is 0.243 e. The van der Waals surface area contributed by atoms with Gasteiger partial charge in [0.2, 0.25) is 5.91 Å². The molecule has 1 fully saturated rings. The number of benzene rings is 1. The Balaban J connectivity index is 0.00000364. The summed E-state index contributed by atoms with van der Waals surface area (Å²) in [6.07, 6.45) is 1.99. The molecule has 1 aliphatic heterocycles. The highest BCUT2D eigenvalue weighted by Crippen LogP contribution is 2.13. The van der Waals surface area contributed by atoms with Gasteiger partial charge in [-0.3, -0.25) is 4.79 Å². The van der Waals surface area contributed by atoms with Crippen LogP contribution in [0.4, 0.5) is 0 Å². The SMILES string of the molecule is Cc1cccc(C)c1CCNC(=NCC(=O)N(C)C)NCC1CCOC1.I. The van der Waals surface area contributed by atoms with Gasteiger partial charge in [-0.05, 0) is 43.4 Å². The average Bonchev–Trinajstić information content (AvgIpc) is 3.12. The predicted octanol–water partition coefficient (Wildman–Crippen LogP) is 2.12. The molecule has 152 valence electrons. The minimum absolute atomic E-state index is 0. The Morgan fingerprint density at radius 2 is 1.96 bits per heavy atom. The first kappa shape index (κ1) is 23.7. The van der Waals surface area contributed by atoms with Gasteiger partial charge in [0.15, 0.2) is 5.96 Å². The number of amides is 1. The van der Waals surface area contributed by atoms with Gasteiger partial charge in [-0.25, -0.2) is 4.99 Å². The van der Waals surface area contributed by atoms with Crippen molar-refractivity contribution in [1.29, 1.82) is 0 Å². The second-order valence-corrected chi connectivity index (χ2v) is 7.11. The average molecular weight is 488 g/mol. The van der Waals surface area contributed by atoms with E-state index in [1.54, 1.807) is 19.0 Å². The molecule has 1 saturated heterocycles. The molecule has 7 heteroatoms. The first-order valence-corrected chi connectivity index (χ1v) is 9.32. The van der Waals surface area contributed by atoms with Crippen molar-refractivity contribution < 1.29 is 9.53 Å². The number of rotatable bonds is 7. The van der Waals surface area contributed by atoms with Gasteiger partial charge < -0.3 is 20.3 Å². The fourth-order valence-corrected chi connectivity index (χ4v) is 3.00. The van der Waals surface area contributed by atoms with Gasteiger partial charge in [0.25, 0.3) is 0 Å². The fraction of sp³-hybridized carbons (Fsp3) is 0.600. The molecule has 1 unspecified atom stereocenters. The summed E-state index contributed by atoms with van der Waals surface area (Å²) >= 11 is 0.